The van der Waals surface area contributed by atoms with Gasteiger partial charge in [0.25, 0.3) is 0 Å². The van der Waals surface area contributed by atoms with Crippen LogP contribution in [0.1, 0.15) is 37.7 Å². The Bertz CT molecular complexity index is 438. The molecular weight excluding hydrogens is 224 g/mol. The highest BCUT2D eigenvalue weighted by Gasteiger charge is 2.26. The van der Waals surface area contributed by atoms with Crippen LogP contribution in [-0.4, -0.2) is 18.0 Å². The number of amides is 1. The summed E-state index contributed by atoms with van der Waals surface area (Å²) in [5.74, 6) is 0.131. The summed E-state index contributed by atoms with van der Waals surface area (Å²) in [5, 5.41) is 6.58. The Morgan fingerprint density at radius 2 is 1.89 bits per heavy atom. The van der Waals surface area contributed by atoms with Gasteiger partial charge < -0.3 is 10.6 Å². The van der Waals surface area contributed by atoms with Crippen molar-refractivity contribution in [3.63, 3.8) is 0 Å². The molecule has 1 aromatic rings. The molecule has 1 aliphatic carbocycles. The predicted molar refractivity (Wildman–Crippen MR) is 72.6 cm³/mol. The standard InChI is InChI=1S/C15H20N2O/c18-15-14(16-12-6-2-3-7-12)10-9-11-5-1-4-8-13(11)17-15/h1,4-5,8,12,14,16H,2-3,6-7,9-10H2,(H,17,18). The normalized spacial score (nSPS) is 24.4. The number of rotatable bonds is 2. The Morgan fingerprint density at radius 1 is 1.11 bits per heavy atom. The molecule has 0 spiro atoms. The van der Waals surface area contributed by atoms with Crippen LogP contribution >= 0.6 is 0 Å². The number of carbonyl (C=O) groups is 1. The van der Waals surface area contributed by atoms with Gasteiger partial charge in [-0.05, 0) is 37.3 Å². The number of para-hydroxylation sites is 1. The lowest BCUT2D eigenvalue weighted by molar-refractivity contribution is -0.118. The Kier molecular flexibility index (Phi) is 3.33. The molecule has 1 aromatic carbocycles. The van der Waals surface area contributed by atoms with Crippen LogP contribution in [0.15, 0.2) is 24.3 Å². The SMILES string of the molecule is O=C1Nc2ccccc2CCC1NC1CCCC1. The molecule has 1 fully saturated rings. The summed E-state index contributed by atoms with van der Waals surface area (Å²) >= 11 is 0. The molecule has 2 aliphatic rings. The van der Waals surface area contributed by atoms with E-state index in [0.29, 0.717) is 6.04 Å². The van der Waals surface area contributed by atoms with Crippen LogP contribution < -0.4 is 10.6 Å². The zero-order chi connectivity index (χ0) is 12.4. The van der Waals surface area contributed by atoms with Crippen molar-refractivity contribution in [1.29, 1.82) is 0 Å². The van der Waals surface area contributed by atoms with Crippen molar-refractivity contribution in [2.45, 2.75) is 50.6 Å². The van der Waals surface area contributed by atoms with Crippen LogP contribution in [0.2, 0.25) is 0 Å². The van der Waals surface area contributed by atoms with Gasteiger partial charge in [-0.25, -0.2) is 0 Å². The Balaban J connectivity index is 1.70. The molecule has 96 valence electrons. The second-order valence-electron chi connectivity index (χ2n) is 5.39. The maximum atomic E-state index is 12.2. The first kappa shape index (κ1) is 11.7. The number of aryl methyl sites for hydroxylation is 1. The van der Waals surface area contributed by atoms with Crippen LogP contribution in [0.5, 0.6) is 0 Å². The highest BCUT2D eigenvalue weighted by Crippen LogP contribution is 2.23. The predicted octanol–water partition coefficient (Wildman–Crippen LogP) is 2.47. The molecule has 18 heavy (non-hydrogen) atoms. The number of carbonyl (C=O) groups excluding carboxylic acids is 1. The van der Waals surface area contributed by atoms with E-state index in [1.165, 1.54) is 31.2 Å². The largest absolute Gasteiger partial charge is 0.324 e. The second kappa shape index (κ2) is 5.11. The van der Waals surface area contributed by atoms with E-state index in [2.05, 4.69) is 16.7 Å². The molecule has 0 aromatic heterocycles. The van der Waals surface area contributed by atoms with Gasteiger partial charge in [0.2, 0.25) is 5.91 Å². The molecule has 3 heteroatoms. The average molecular weight is 244 g/mol. The van der Waals surface area contributed by atoms with Gasteiger partial charge in [-0.2, -0.15) is 0 Å². The fourth-order valence-electron chi connectivity index (χ4n) is 3.05. The van der Waals surface area contributed by atoms with Crippen LogP contribution in [0, 0.1) is 0 Å². The van der Waals surface area contributed by atoms with Crippen LogP contribution in [0.25, 0.3) is 0 Å². The second-order valence-corrected chi connectivity index (χ2v) is 5.39. The molecule has 3 nitrogen and oxygen atoms in total. The maximum Gasteiger partial charge on any atom is 0.241 e. The molecule has 1 aliphatic heterocycles. The highest BCUT2D eigenvalue weighted by molar-refractivity contribution is 5.96. The average Bonchev–Trinajstić information content (AvgIpc) is 2.83. The number of benzene rings is 1. The summed E-state index contributed by atoms with van der Waals surface area (Å²) in [4.78, 5) is 12.2. The van der Waals surface area contributed by atoms with Gasteiger partial charge in [0.1, 0.15) is 0 Å². The first-order valence-electron chi connectivity index (χ1n) is 6.98. The molecule has 0 bridgehead atoms. The van der Waals surface area contributed by atoms with Gasteiger partial charge in [-0.1, -0.05) is 31.0 Å². The molecule has 0 radical (unpaired) electrons. The summed E-state index contributed by atoms with van der Waals surface area (Å²) in [6.45, 7) is 0. The van der Waals surface area contributed by atoms with E-state index in [1.54, 1.807) is 0 Å². The summed E-state index contributed by atoms with van der Waals surface area (Å²) in [5.41, 5.74) is 2.24. The quantitative estimate of drug-likeness (QED) is 0.839. The van der Waals surface area contributed by atoms with E-state index < -0.39 is 0 Å². The van der Waals surface area contributed by atoms with Crippen LogP contribution in [0.4, 0.5) is 5.69 Å². The van der Waals surface area contributed by atoms with Gasteiger partial charge in [0.15, 0.2) is 0 Å². The monoisotopic (exact) mass is 244 g/mol. The molecule has 1 unspecified atom stereocenters. The van der Waals surface area contributed by atoms with Crippen molar-refractivity contribution in [1.82, 2.24) is 5.32 Å². The lowest BCUT2D eigenvalue weighted by Crippen LogP contribution is -2.44. The summed E-state index contributed by atoms with van der Waals surface area (Å²) in [6, 6.07) is 8.63. The third-order valence-corrected chi connectivity index (χ3v) is 4.09. The molecular formula is C15H20N2O. The van der Waals surface area contributed by atoms with Gasteiger partial charge in [-0.3, -0.25) is 4.79 Å². The van der Waals surface area contributed by atoms with Crippen molar-refractivity contribution in [2.75, 3.05) is 5.32 Å². The van der Waals surface area contributed by atoms with Crippen molar-refractivity contribution < 1.29 is 4.79 Å². The molecule has 2 N–H and O–H groups in total. The summed E-state index contributed by atoms with van der Waals surface area (Å²) in [7, 11) is 0. The van der Waals surface area contributed by atoms with Crippen molar-refractivity contribution >= 4 is 11.6 Å². The summed E-state index contributed by atoms with van der Waals surface area (Å²) in [6.07, 6.45) is 6.91. The van der Waals surface area contributed by atoms with Crippen molar-refractivity contribution in [3.05, 3.63) is 29.8 Å². The van der Waals surface area contributed by atoms with Gasteiger partial charge in [-0.15, -0.1) is 0 Å². The highest BCUT2D eigenvalue weighted by atomic mass is 16.2. The Morgan fingerprint density at radius 3 is 2.72 bits per heavy atom. The topological polar surface area (TPSA) is 41.1 Å². The molecule has 3 rings (SSSR count). The lowest BCUT2D eigenvalue weighted by atomic mass is 10.1. The molecule has 1 amide bonds. The number of hydrogen-bond donors (Lipinski definition) is 2. The number of nitrogens with one attached hydrogen (secondary N) is 2. The van der Waals surface area contributed by atoms with E-state index >= 15 is 0 Å². The molecule has 1 saturated carbocycles. The van der Waals surface area contributed by atoms with Gasteiger partial charge in [0, 0.05) is 11.7 Å². The van der Waals surface area contributed by atoms with Crippen LogP contribution in [-0.2, 0) is 11.2 Å². The molecule has 1 atom stereocenters. The van der Waals surface area contributed by atoms with E-state index in [0.717, 1.165) is 18.5 Å². The smallest absolute Gasteiger partial charge is 0.241 e. The third kappa shape index (κ3) is 2.41. The van der Waals surface area contributed by atoms with Gasteiger partial charge >= 0.3 is 0 Å². The Hall–Kier alpha value is -1.35. The molecule has 0 saturated heterocycles. The summed E-state index contributed by atoms with van der Waals surface area (Å²) < 4.78 is 0. The number of fused-ring (bicyclic) bond motifs is 1. The fraction of sp³-hybridized carbons (Fsp3) is 0.533. The first-order chi connectivity index (χ1) is 8.83. The van der Waals surface area contributed by atoms with E-state index in [9.17, 15) is 4.79 Å². The van der Waals surface area contributed by atoms with Crippen LogP contribution in [0.3, 0.4) is 0 Å². The first-order valence-corrected chi connectivity index (χ1v) is 6.98. The zero-order valence-corrected chi connectivity index (χ0v) is 10.6. The zero-order valence-electron chi connectivity index (χ0n) is 10.6. The third-order valence-electron chi connectivity index (χ3n) is 4.09. The van der Waals surface area contributed by atoms with E-state index in [1.807, 2.05) is 18.2 Å². The van der Waals surface area contributed by atoms with Crippen molar-refractivity contribution in [2.24, 2.45) is 0 Å². The number of hydrogen-bond acceptors (Lipinski definition) is 2. The van der Waals surface area contributed by atoms with Crippen molar-refractivity contribution in [3.8, 4) is 0 Å². The minimum absolute atomic E-state index is 0.0273. The molecule has 1 heterocycles. The minimum atomic E-state index is -0.0273. The lowest BCUT2D eigenvalue weighted by Gasteiger charge is -2.20. The van der Waals surface area contributed by atoms with E-state index in [-0.39, 0.29) is 11.9 Å². The number of anilines is 1. The van der Waals surface area contributed by atoms with E-state index in [4.69, 9.17) is 0 Å². The maximum absolute atomic E-state index is 12.2. The minimum Gasteiger partial charge on any atom is -0.324 e. The fourth-order valence-corrected chi connectivity index (χ4v) is 3.05. The Labute approximate surface area is 108 Å². The van der Waals surface area contributed by atoms with Gasteiger partial charge in [0.05, 0.1) is 6.04 Å².